The highest BCUT2D eigenvalue weighted by atomic mass is 32.2. The third-order valence-corrected chi connectivity index (χ3v) is 6.85. The number of aryl methyl sites for hydroxylation is 1. The van der Waals surface area contributed by atoms with Crippen LogP contribution in [0.3, 0.4) is 0 Å². The van der Waals surface area contributed by atoms with Crippen LogP contribution in [0.5, 0.6) is 0 Å². The molecule has 0 aliphatic heterocycles. The Kier molecular flexibility index (Phi) is 8.81. The predicted octanol–water partition coefficient (Wildman–Crippen LogP) is 7.03. The number of benzene rings is 4. The summed E-state index contributed by atoms with van der Waals surface area (Å²) in [7, 11) is 0. The van der Waals surface area contributed by atoms with Gasteiger partial charge >= 0.3 is 0 Å². The Balaban J connectivity index is 1.31. The number of anilines is 3. The van der Waals surface area contributed by atoms with E-state index >= 15 is 0 Å². The van der Waals surface area contributed by atoms with Gasteiger partial charge in [0, 0.05) is 53.4 Å². The molecule has 190 valence electrons. The van der Waals surface area contributed by atoms with E-state index in [2.05, 4.69) is 140 Å². The molecule has 5 rings (SSSR count). The van der Waals surface area contributed by atoms with Gasteiger partial charge in [0.1, 0.15) is 6.54 Å². The van der Waals surface area contributed by atoms with Crippen molar-refractivity contribution in [2.24, 2.45) is 0 Å². The van der Waals surface area contributed by atoms with Crippen LogP contribution in [-0.4, -0.2) is 5.75 Å². The SMILES string of the molecule is [O-]OOSCCC[n+]1ccc(C=Cc2ccc3cc(N(c4ccccc4)c4ccccc4)ccc3c2)cc1. The van der Waals surface area contributed by atoms with E-state index in [9.17, 15) is 5.26 Å². The average Bonchev–Trinajstić information content (AvgIpc) is 2.98. The van der Waals surface area contributed by atoms with Gasteiger partial charge in [-0.05, 0) is 64.4 Å². The number of aromatic nitrogens is 1. The Morgan fingerprint density at radius 1 is 0.684 bits per heavy atom. The van der Waals surface area contributed by atoms with Crippen LogP contribution in [0.2, 0.25) is 0 Å². The van der Waals surface area contributed by atoms with Gasteiger partial charge in [0.25, 0.3) is 0 Å². The lowest BCUT2D eigenvalue weighted by atomic mass is 10.0. The molecule has 4 aromatic carbocycles. The zero-order valence-corrected chi connectivity index (χ0v) is 21.7. The lowest BCUT2D eigenvalue weighted by Crippen LogP contribution is -2.32. The second-order valence-corrected chi connectivity index (χ2v) is 9.59. The first-order valence-corrected chi connectivity index (χ1v) is 13.4. The highest BCUT2D eigenvalue weighted by Gasteiger charge is 2.12. The fourth-order valence-corrected chi connectivity index (χ4v) is 4.73. The molecule has 0 amide bonds. The summed E-state index contributed by atoms with van der Waals surface area (Å²) in [6, 6.07) is 38.3. The number of para-hydroxylation sites is 2. The molecule has 0 saturated carbocycles. The zero-order chi connectivity index (χ0) is 26.0. The molecule has 38 heavy (non-hydrogen) atoms. The summed E-state index contributed by atoms with van der Waals surface area (Å²) < 4.78 is 6.39. The van der Waals surface area contributed by atoms with Crippen molar-refractivity contribution in [2.75, 3.05) is 10.7 Å². The molecule has 6 heteroatoms. The fourth-order valence-electron chi connectivity index (χ4n) is 4.38. The van der Waals surface area contributed by atoms with E-state index in [0.29, 0.717) is 5.75 Å². The molecule has 1 heterocycles. The maximum absolute atomic E-state index is 9.81. The van der Waals surface area contributed by atoms with Crippen LogP contribution in [0.15, 0.2) is 122 Å². The second-order valence-electron chi connectivity index (χ2n) is 8.81. The molecule has 0 aliphatic carbocycles. The van der Waals surface area contributed by atoms with Gasteiger partial charge in [-0.25, -0.2) is 4.57 Å². The van der Waals surface area contributed by atoms with Crippen LogP contribution in [0, 0.1) is 0 Å². The summed E-state index contributed by atoms with van der Waals surface area (Å²) in [5.74, 6) is 0.691. The number of fused-ring (bicyclic) bond motifs is 1. The number of hydrogen-bond donors (Lipinski definition) is 0. The van der Waals surface area contributed by atoms with Gasteiger partial charge in [-0.3, -0.25) is 5.04 Å². The van der Waals surface area contributed by atoms with Gasteiger partial charge in [0.15, 0.2) is 12.4 Å². The van der Waals surface area contributed by atoms with Crippen molar-refractivity contribution in [1.82, 2.24) is 0 Å². The van der Waals surface area contributed by atoms with E-state index in [1.165, 1.54) is 10.8 Å². The molecular weight excluding hydrogens is 492 g/mol. The molecular formula is C32H28N2O3S. The Hall–Kier alpha value is -3.94. The number of nitrogens with zero attached hydrogens (tertiary/aromatic N) is 2. The zero-order valence-electron chi connectivity index (χ0n) is 20.9. The topological polar surface area (TPSA) is 48.6 Å². The van der Waals surface area contributed by atoms with Crippen LogP contribution in [0.1, 0.15) is 17.5 Å². The van der Waals surface area contributed by atoms with E-state index in [4.69, 9.17) is 0 Å². The Morgan fingerprint density at radius 2 is 1.32 bits per heavy atom. The third-order valence-electron chi connectivity index (χ3n) is 6.24. The molecule has 0 bridgehead atoms. The van der Waals surface area contributed by atoms with Crippen molar-refractivity contribution in [1.29, 1.82) is 0 Å². The van der Waals surface area contributed by atoms with E-state index in [-0.39, 0.29) is 0 Å². The molecule has 0 radical (unpaired) electrons. The average molecular weight is 521 g/mol. The number of rotatable bonds is 11. The largest absolute Gasteiger partial charge is 0.691 e. The van der Waals surface area contributed by atoms with Crippen molar-refractivity contribution in [3.05, 3.63) is 133 Å². The maximum atomic E-state index is 9.81. The molecule has 0 unspecified atom stereocenters. The highest BCUT2D eigenvalue weighted by Crippen LogP contribution is 2.35. The molecule has 1 aromatic heterocycles. The minimum absolute atomic E-state index is 0.691. The smallest absolute Gasteiger partial charge is 0.169 e. The normalized spacial score (nSPS) is 11.3. The van der Waals surface area contributed by atoms with Gasteiger partial charge in [-0.15, -0.1) is 0 Å². The lowest BCUT2D eigenvalue weighted by molar-refractivity contribution is -0.777. The first kappa shape index (κ1) is 25.7. The highest BCUT2D eigenvalue weighted by molar-refractivity contribution is 7.94. The molecule has 0 spiro atoms. The van der Waals surface area contributed by atoms with Gasteiger partial charge < -0.3 is 10.2 Å². The van der Waals surface area contributed by atoms with Crippen LogP contribution in [-0.2, 0) is 15.9 Å². The monoisotopic (exact) mass is 520 g/mol. The summed E-state index contributed by atoms with van der Waals surface area (Å²) in [5.41, 5.74) is 5.67. The molecule has 0 fully saturated rings. The van der Waals surface area contributed by atoms with Crippen molar-refractivity contribution in [3.8, 4) is 0 Å². The minimum atomic E-state index is 0.691. The van der Waals surface area contributed by atoms with E-state index in [1.54, 1.807) is 0 Å². The number of pyridine rings is 1. The van der Waals surface area contributed by atoms with Crippen molar-refractivity contribution < 1.29 is 19.2 Å². The van der Waals surface area contributed by atoms with E-state index < -0.39 is 0 Å². The van der Waals surface area contributed by atoms with Crippen LogP contribution < -0.4 is 14.7 Å². The molecule has 0 N–H and O–H groups in total. The minimum Gasteiger partial charge on any atom is -0.691 e. The summed E-state index contributed by atoms with van der Waals surface area (Å²) in [4.78, 5) is 2.28. The second kappa shape index (κ2) is 13.0. The molecule has 0 saturated heterocycles. The first-order valence-electron chi connectivity index (χ1n) is 12.5. The predicted molar refractivity (Wildman–Crippen MR) is 153 cm³/mol. The van der Waals surface area contributed by atoms with E-state index in [1.807, 2.05) is 12.1 Å². The van der Waals surface area contributed by atoms with Gasteiger partial charge in [0.2, 0.25) is 0 Å². The summed E-state index contributed by atoms with van der Waals surface area (Å²) in [6.07, 6.45) is 9.26. The van der Waals surface area contributed by atoms with Gasteiger partial charge in [-0.1, -0.05) is 66.7 Å². The summed E-state index contributed by atoms with van der Waals surface area (Å²) in [6.45, 7) is 0.845. The molecule has 0 aliphatic rings. The Labute approximate surface area is 227 Å². The fraction of sp³-hybridized carbons (Fsp3) is 0.0938. The standard InChI is InChI=1S/C32H28N2O3S/c35-36-37-38-23-7-20-33-21-18-26(19-22-33)12-13-27-14-15-29-25-32(17-16-28(29)24-27)34(30-8-3-1-4-9-30)31-10-5-2-6-11-31/h1-6,8-19,21-22,24-25H,7,20,23H2. The molecule has 0 atom stereocenters. The van der Waals surface area contributed by atoms with Crippen LogP contribution in [0.25, 0.3) is 22.9 Å². The Morgan fingerprint density at radius 3 is 2.00 bits per heavy atom. The molecule has 5 nitrogen and oxygen atoms in total. The van der Waals surface area contributed by atoms with Crippen molar-refractivity contribution >= 4 is 52.0 Å². The maximum Gasteiger partial charge on any atom is 0.169 e. The summed E-state index contributed by atoms with van der Waals surface area (Å²) in [5, 5.41) is 15.5. The molecule has 5 aromatic rings. The van der Waals surface area contributed by atoms with Crippen LogP contribution >= 0.6 is 12.0 Å². The quantitative estimate of drug-likeness (QED) is 0.0615. The van der Waals surface area contributed by atoms with Crippen LogP contribution in [0.4, 0.5) is 17.1 Å². The van der Waals surface area contributed by atoms with Gasteiger partial charge in [0.05, 0.1) is 0 Å². The first-order chi connectivity index (χ1) is 18.8. The Bertz CT molecular complexity index is 1440. The lowest BCUT2D eigenvalue weighted by Gasteiger charge is -2.25. The van der Waals surface area contributed by atoms with E-state index in [0.717, 1.165) is 53.2 Å². The third kappa shape index (κ3) is 6.68. The van der Waals surface area contributed by atoms with Gasteiger partial charge in [-0.2, -0.15) is 4.33 Å². The van der Waals surface area contributed by atoms with Crippen molar-refractivity contribution in [2.45, 2.75) is 13.0 Å². The number of hydrogen-bond acceptors (Lipinski definition) is 5. The van der Waals surface area contributed by atoms with Crippen molar-refractivity contribution in [3.63, 3.8) is 0 Å². The summed E-state index contributed by atoms with van der Waals surface area (Å²) >= 11 is 1.02.